The van der Waals surface area contributed by atoms with Crippen molar-refractivity contribution >= 4 is 11.6 Å². The molecule has 0 aromatic heterocycles. The van der Waals surface area contributed by atoms with Crippen molar-refractivity contribution in [3.63, 3.8) is 0 Å². The van der Waals surface area contributed by atoms with Gasteiger partial charge in [0.1, 0.15) is 11.6 Å². The summed E-state index contributed by atoms with van der Waals surface area (Å²) in [5, 5.41) is 0. The number of hydrogen-bond donors (Lipinski definition) is 0. The van der Waals surface area contributed by atoms with E-state index in [2.05, 4.69) is 4.90 Å². The number of anilines is 1. The van der Waals surface area contributed by atoms with E-state index in [4.69, 9.17) is 4.74 Å². The molecule has 1 aliphatic rings. The Morgan fingerprint density at radius 3 is 2.67 bits per heavy atom. The van der Waals surface area contributed by atoms with Crippen LogP contribution < -0.4 is 9.64 Å². The Labute approximate surface area is 141 Å². The molecule has 0 N–H and O–H groups in total. The predicted molar refractivity (Wildman–Crippen MR) is 92.1 cm³/mol. The maximum atomic E-state index is 13.4. The van der Waals surface area contributed by atoms with Crippen LogP contribution in [0.1, 0.15) is 17.3 Å². The molecule has 1 fully saturated rings. The second kappa shape index (κ2) is 6.91. The van der Waals surface area contributed by atoms with Crippen LogP contribution in [0, 0.1) is 5.82 Å². The number of halogens is 1. The Morgan fingerprint density at radius 1 is 1.17 bits per heavy atom. The summed E-state index contributed by atoms with van der Waals surface area (Å²) in [5.74, 6) is 0.314. The first kappa shape index (κ1) is 16.3. The van der Waals surface area contributed by atoms with E-state index in [0.29, 0.717) is 30.9 Å². The molecule has 1 amide bonds. The molecule has 2 aromatic carbocycles. The van der Waals surface area contributed by atoms with Crippen LogP contribution in [0.3, 0.4) is 0 Å². The lowest BCUT2D eigenvalue weighted by Gasteiger charge is -2.41. The Morgan fingerprint density at radius 2 is 1.96 bits per heavy atom. The monoisotopic (exact) mass is 328 g/mol. The highest BCUT2D eigenvalue weighted by Crippen LogP contribution is 2.24. The minimum atomic E-state index is -0.243. The zero-order valence-corrected chi connectivity index (χ0v) is 13.9. The number of rotatable bonds is 3. The maximum absolute atomic E-state index is 13.4. The smallest absolute Gasteiger partial charge is 0.257 e. The first-order valence-electron chi connectivity index (χ1n) is 8.04. The standard InChI is InChI=1S/C19H21FN2O2/c1-14-13-21(16-7-5-6-15(20)12-16)10-11-22(14)19(23)17-8-3-4-9-18(17)24-2/h3-9,12,14H,10-11,13H2,1-2H3. The number of ether oxygens (including phenoxy) is 1. The molecule has 3 rings (SSSR count). The van der Waals surface area contributed by atoms with Gasteiger partial charge in [-0.25, -0.2) is 4.39 Å². The van der Waals surface area contributed by atoms with Gasteiger partial charge in [-0.2, -0.15) is 0 Å². The van der Waals surface area contributed by atoms with Crippen molar-refractivity contribution in [2.75, 3.05) is 31.6 Å². The fourth-order valence-corrected chi connectivity index (χ4v) is 3.14. The Kier molecular flexibility index (Phi) is 4.69. The minimum absolute atomic E-state index is 0.0272. The molecule has 0 spiro atoms. The number of hydrogen-bond acceptors (Lipinski definition) is 3. The number of piperazine rings is 1. The fraction of sp³-hybridized carbons (Fsp3) is 0.316. The molecule has 1 atom stereocenters. The van der Waals surface area contributed by atoms with Crippen LogP contribution in [0.5, 0.6) is 5.75 Å². The van der Waals surface area contributed by atoms with Crippen molar-refractivity contribution in [1.29, 1.82) is 0 Å². The second-order valence-corrected chi connectivity index (χ2v) is 5.97. The molecule has 1 unspecified atom stereocenters. The number of nitrogens with zero attached hydrogens (tertiary/aromatic N) is 2. The number of amides is 1. The lowest BCUT2D eigenvalue weighted by Crippen LogP contribution is -2.54. The largest absolute Gasteiger partial charge is 0.496 e. The number of carbonyl (C=O) groups is 1. The molecule has 24 heavy (non-hydrogen) atoms. The Bertz CT molecular complexity index is 735. The SMILES string of the molecule is COc1ccccc1C(=O)N1CCN(c2cccc(F)c2)CC1C. The first-order valence-corrected chi connectivity index (χ1v) is 8.04. The summed E-state index contributed by atoms with van der Waals surface area (Å²) >= 11 is 0. The Hall–Kier alpha value is -2.56. The molecule has 4 nitrogen and oxygen atoms in total. The summed E-state index contributed by atoms with van der Waals surface area (Å²) in [7, 11) is 1.57. The van der Waals surface area contributed by atoms with E-state index in [-0.39, 0.29) is 17.8 Å². The predicted octanol–water partition coefficient (Wildman–Crippen LogP) is 3.19. The highest BCUT2D eigenvalue weighted by molar-refractivity contribution is 5.97. The van der Waals surface area contributed by atoms with Gasteiger partial charge in [0, 0.05) is 31.4 Å². The van der Waals surface area contributed by atoms with Crippen molar-refractivity contribution < 1.29 is 13.9 Å². The third-order valence-electron chi connectivity index (χ3n) is 4.40. The summed E-state index contributed by atoms with van der Waals surface area (Å²) in [6.45, 7) is 3.95. The van der Waals surface area contributed by atoms with Crippen molar-refractivity contribution in [1.82, 2.24) is 4.90 Å². The fourth-order valence-electron chi connectivity index (χ4n) is 3.14. The van der Waals surface area contributed by atoms with E-state index in [1.165, 1.54) is 12.1 Å². The first-order chi connectivity index (χ1) is 11.6. The third-order valence-corrected chi connectivity index (χ3v) is 4.40. The van der Waals surface area contributed by atoms with Gasteiger partial charge in [0.2, 0.25) is 0 Å². The molecule has 0 aliphatic carbocycles. The molecular weight excluding hydrogens is 307 g/mol. The van der Waals surface area contributed by atoms with Crippen LogP contribution in [-0.2, 0) is 0 Å². The molecule has 0 saturated carbocycles. The van der Waals surface area contributed by atoms with Crippen LogP contribution in [0.25, 0.3) is 0 Å². The minimum Gasteiger partial charge on any atom is -0.496 e. The van der Waals surface area contributed by atoms with Crippen LogP contribution in [-0.4, -0.2) is 43.6 Å². The van der Waals surface area contributed by atoms with Gasteiger partial charge in [-0.3, -0.25) is 4.79 Å². The van der Waals surface area contributed by atoms with Crippen molar-refractivity contribution in [2.45, 2.75) is 13.0 Å². The van der Waals surface area contributed by atoms with Gasteiger partial charge in [0.15, 0.2) is 0 Å². The molecule has 1 heterocycles. The third kappa shape index (κ3) is 3.20. The second-order valence-electron chi connectivity index (χ2n) is 5.97. The van der Waals surface area contributed by atoms with E-state index >= 15 is 0 Å². The lowest BCUT2D eigenvalue weighted by molar-refractivity contribution is 0.0670. The summed E-state index contributed by atoms with van der Waals surface area (Å²) < 4.78 is 18.7. The van der Waals surface area contributed by atoms with Crippen molar-refractivity contribution in [3.8, 4) is 5.75 Å². The molecular formula is C19H21FN2O2. The summed E-state index contributed by atoms with van der Waals surface area (Å²) in [6, 6.07) is 13.9. The Balaban J connectivity index is 1.75. The zero-order valence-electron chi connectivity index (χ0n) is 13.9. The average Bonchev–Trinajstić information content (AvgIpc) is 2.61. The van der Waals surface area contributed by atoms with Crippen LogP contribution >= 0.6 is 0 Å². The van der Waals surface area contributed by atoms with E-state index in [0.717, 1.165) is 5.69 Å². The topological polar surface area (TPSA) is 32.8 Å². The molecule has 0 bridgehead atoms. The van der Waals surface area contributed by atoms with Crippen LogP contribution in [0.4, 0.5) is 10.1 Å². The molecule has 5 heteroatoms. The molecule has 1 saturated heterocycles. The van der Waals surface area contributed by atoms with Gasteiger partial charge in [-0.15, -0.1) is 0 Å². The van der Waals surface area contributed by atoms with Gasteiger partial charge in [0.25, 0.3) is 5.91 Å². The van der Waals surface area contributed by atoms with Gasteiger partial charge in [0.05, 0.1) is 12.7 Å². The normalized spacial score (nSPS) is 17.7. The van der Waals surface area contributed by atoms with E-state index in [1.54, 1.807) is 25.3 Å². The van der Waals surface area contributed by atoms with E-state index in [9.17, 15) is 9.18 Å². The van der Waals surface area contributed by atoms with Crippen molar-refractivity contribution in [3.05, 3.63) is 59.9 Å². The molecule has 126 valence electrons. The van der Waals surface area contributed by atoms with Crippen LogP contribution in [0.2, 0.25) is 0 Å². The molecule has 0 radical (unpaired) electrons. The number of methoxy groups -OCH3 is 1. The number of benzene rings is 2. The van der Waals surface area contributed by atoms with Crippen LogP contribution in [0.15, 0.2) is 48.5 Å². The summed E-state index contributed by atoms with van der Waals surface area (Å²) in [5.41, 5.74) is 1.43. The summed E-state index contributed by atoms with van der Waals surface area (Å²) in [6.07, 6.45) is 0. The maximum Gasteiger partial charge on any atom is 0.257 e. The van der Waals surface area contributed by atoms with Gasteiger partial charge < -0.3 is 14.5 Å². The molecule has 1 aliphatic heterocycles. The van der Waals surface area contributed by atoms with Gasteiger partial charge >= 0.3 is 0 Å². The lowest BCUT2D eigenvalue weighted by atomic mass is 10.1. The number of carbonyl (C=O) groups excluding carboxylic acids is 1. The van der Waals surface area contributed by atoms with Gasteiger partial charge in [-0.05, 0) is 37.3 Å². The highest BCUT2D eigenvalue weighted by Gasteiger charge is 2.29. The van der Waals surface area contributed by atoms with E-state index < -0.39 is 0 Å². The summed E-state index contributed by atoms with van der Waals surface area (Å²) in [4.78, 5) is 16.8. The quantitative estimate of drug-likeness (QED) is 0.867. The zero-order chi connectivity index (χ0) is 17.1. The van der Waals surface area contributed by atoms with E-state index in [1.807, 2.05) is 30.0 Å². The highest BCUT2D eigenvalue weighted by atomic mass is 19.1. The average molecular weight is 328 g/mol. The number of para-hydroxylation sites is 1. The molecule has 2 aromatic rings. The van der Waals surface area contributed by atoms with Crippen molar-refractivity contribution in [2.24, 2.45) is 0 Å². The van der Waals surface area contributed by atoms with Gasteiger partial charge in [-0.1, -0.05) is 18.2 Å².